The monoisotopic (exact) mass is 939 g/mol. The van der Waals surface area contributed by atoms with Crippen LogP contribution in [-0.4, -0.2) is 0 Å². The van der Waals surface area contributed by atoms with Crippen LogP contribution in [-0.2, 0) is 0 Å². The highest BCUT2D eigenvalue weighted by Gasteiger charge is 2.60. The lowest BCUT2D eigenvalue weighted by Gasteiger charge is -2.30. The Hall–Kier alpha value is 0. The lowest BCUT2D eigenvalue weighted by Crippen LogP contribution is -2.20. The molecule has 402 valence electrons. The first kappa shape index (κ1) is 65.0. The number of hydrogen-bond donors (Lipinski definition) is 0. The average molecular weight is 940 g/mol. The minimum absolute atomic E-state index is 0.683. The maximum atomic E-state index is 2.74. The first-order chi connectivity index (χ1) is 33.1. The Morgan fingerprint density at radius 1 is 0.284 bits per heavy atom. The number of unbranched alkanes of at least 4 members (excludes halogenated alkanes) is 47. The van der Waals surface area contributed by atoms with Gasteiger partial charge in [-0.1, -0.05) is 382 Å². The third-order valence-electron chi connectivity index (χ3n) is 18.1. The average Bonchev–Trinajstić information content (AvgIpc) is 3.89. The van der Waals surface area contributed by atoms with Crippen molar-refractivity contribution in [2.24, 2.45) is 29.1 Å². The van der Waals surface area contributed by atoms with Crippen molar-refractivity contribution in [1.82, 2.24) is 0 Å². The smallest absolute Gasteiger partial charge is 0.0235 e. The van der Waals surface area contributed by atoms with Crippen molar-refractivity contribution < 1.29 is 0 Å². The molecule has 1 fully saturated rings. The standard InChI is InChI=1S/C67H134/c1-7-11-15-19-23-26-29-32-35-38-41-44-47-51-55-59-65(63(5)58-54-50-22-18-14-10-4)62-67(61-57-53-49-46-43-40-37-34-31-28-25-21-17-13-9-3)64(6)66(67)60-56-52-48-45-42-39-36-33-30-27-24-20-16-12-8-2/h63-66H,7-62H2,1-6H3. The highest BCUT2D eigenvalue weighted by Crippen LogP contribution is 2.67. The lowest BCUT2D eigenvalue weighted by molar-refractivity contribution is 0.203. The van der Waals surface area contributed by atoms with Crippen LogP contribution >= 0.6 is 0 Å². The van der Waals surface area contributed by atoms with Crippen LogP contribution in [0.2, 0.25) is 0 Å². The van der Waals surface area contributed by atoms with Gasteiger partial charge in [0, 0.05) is 0 Å². The molecule has 0 saturated heterocycles. The molecule has 1 rings (SSSR count). The Morgan fingerprint density at radius 3 is 0.821 bits per heavy atom. The minimum atomic E-state index is 0.683. The summed E-state index contributed by atoms with van der Waals surface area (Å²) in [4.78, 5) is 0. The molecule has 0 radical (unpaired) electrons. The molecule has 0 N–H and O–H groups in total. The van der Waals surface area contributed by atoms with Gasteiger partial charge in [0.15, 0.2) is 0 Å². The largest absolute Gasteiger partial charge is 0.0654 e. The summed E-state index contributed by atoms with van der Waals surface area (Å²) in [5.74, 6) is 3.92. The summed E-state index contributed by atoms with van der Waals surface area (Å²) in [7, 11) is 0. The van der Waals surface area contributed by atoms with Crippen molar-refractivity contribution in [2.75, 3.05) is 0 Å². The Labute approximate surface area is 428 Å². The van der Waals surface area contributed by atoms with Crippen molar-refractivity contribution in [3.05, 3.63) is 0 Å². The zero-order valence-corrected chi connectivity index (χ0v) is 48.4. The highest BCUT2D eigenvalue weighted by molar-refractivity contribution is 5.08. The predicted octanol–water partition coefficient (Wildman–Crippen LogP) is 25.4. The van der Waals surface area contributed by atoms with Gasteiger partial charge in [0.25, 0.3) is 0 Å². The first-order valence-electron chi connectivity index (χ1n) is 33.1. The topological polar surface area (TPSA) is 0 Å². The molecule has 5 unspecified atom stereocenters. The van der Waals surface area contributed by atoms with Gasteiger partial charge in [-0.05, 0) is 48.3 Å². The van der Waals surface area contributed by atoms with Crippen molar-refractivity contribution >= 4 is 0 Å². The molecular formula is C67H134. The molecule has 0 aromatic carbocycles. The maximum absolute atomic E-state index is 2.74. The van der Waals surface area contributed by atoms with E-state index in [0.717, 1.165) is 23.7 Å². The van der Waals surface area contributed by atoms with Gasteiger partial charge in [-0.2, -0.15) is 0 Å². The van der Waals surface area contributed by atoms with Gasteiger partial charge in [0.05, 0.1) is 0 Å². The molecule has 67 heavy (non-hydrogen) atoms. The summed E-state index contributed by atoms with van der Waals surface area (Å²) in [5.41, 5.74) is 0.683. The van der Waals surface area contributed by atoms with E-state index < -0.39 is 0 Å². The molecular weight excluding hydrogens is 805 g/mol. The van der Waals surface area contributed by atoms with Gasteiger partial charge < -0.3 is 0 Å². The minimum Gasteiger partial charge on any atom is -0.0654 e. The second-order valence-corrected chi connectivity index (χ2v) is 24.3. The predicted molar refractivity (Wildman–Crippen MR) is 309 cm³/mol. The molecule has 0 aromatic heterocycles. The Kier molecular flexibility index (Phi) is 49.4. The van der Waals surface area contributed by atoms with Gasteiger partial charge in [0.1, 0.15) is 0 Å². The lowest BCUT2D eigenvalue weighted by atomic mass is 9.75. The van der Waals surface area contributed by atoms with Gasteiger partial charge in [-0.15, -0.1) is 0 Å². The van der Waals surface area contributed by atoms with Crippen LogP contribution in [0.4, 0.5) is 0 Å². The van der Waals surface area contributed by atoms with Gasteiger partial charge in [0.2, 0.25) is 0 Å². The van der Waals surface area contributed by atoms with E-state index in [1.54, 1.807) is 19.3 Å². The van der Waals surface area contributed by atoms with E-state index in [2.05, 4.69) is 41.5 Å². The summed E-state index contributed by atoms with van der Waals surface area (Å²) in [6.45, 7) is 14.8. The molecule has 0 spiro atoms. The fraction of sp³-hybridized carbons (Fsp3) is 1.00. The summed E-state index contributed by atoms with van der Waals surface area (Å²) in [6.07, 6.45) is 83.2. The second-order valence-electron chi connectivity index (χ2n) is 24.3. The maximum Gasteiger partial charge on any atom is -0.0235 e. The van der Waals surface area contributed by atoms with E-state index >= 15 is 0 Å². The summed E-state index contributed by atoms with van der Waals surface area (Å²) >= 11 is 0. The van der Waals surface area contributed by atoms with E-state index in [0.29, 0.717) is 5.41 Å². The number of rotatable bonds is 58. The fourth-order valence-corrected chi connectivity index (χ4v) is 13.1. The normalized spacial score (nSPS) is 18.0. The molecule has 0 nitrogen and oxygen atoms in total. The molecule has 0 aromatic rings. The third kappa shape index (κ3) is 39.2. The summed E-state index contributed by atoms with van der Waals surface area (Å²) < 4.78 is 0. The Balaban J connectivity index is 2.63. The Morgan fingerprint density at radius 2 is 0.522 bits per heavy atom. The Bertz CT molecular complexity index is 919. The van der Waals surface area contributed by atoms with Crippen LogP contribution in [0.25, 0.3) is 0 Å². The quantitative estimate of drug-likeness (QED) is 0.0533. The molecule has 1 saturated carbocycles. The van der Waals surface area contributed by atoms with Crippen LogP contribution in [0.15, 0.2) is 0 Å². The van der Waals surface area contributed by atoms with Crippen molar-refractivity contribution in [3.8, 4) is 0 Å². The van der Waals surface area contributed by atoms with Gasteiger partial charge in [-0.3, -0.25) is 0 Å². The molecule has 1 aliphatic rings. The van der Waals surface area contributed by atoms with Crippen LogP contribution < -0.4 is 0 Å². The van der Waals surface area contributed by atoms with Crippen LogP contribution in [0.3, 0.4) is 0 Å². The third-order valence-corrected chi connectivity index (χ3v) is 18.1. The van der Waals surface area contributed by atoms with E-state index in [1.165, 1.54) is 340 Å². The van der Waals surface area contributed by atoms with E-state index in [4.69, 9.17) is 0 Å². The first-order valence-corrected chi connectivity index (χ1v) is 33.1. The summed E-state index contributed by atoms with van der Waals surface area (Å²) in [5, 5.41) is 0. The zero-order chi connectivity index (χ0) is 48.4. The molecule has 0 aliphatic heterocycles. The van der Waals surface area contributed by atoms with Crippen molar-refractivity contribution in [1.29, 1.82) is 0 Å². The van der Waals surface area contributed by atoms with E-state index in [9.17, 15) is 0 Å². The molecule has 0 amide bonds. The van der Waals surface area contributed by atoms with E-state index in [1.807, 2.05) is 0 Å². The number of hydrogen-bond acceptors (Lipinski definition) is 0. The molecule has 0 heterocycles. The van der Waals surface area contributed by atoms with E-state index in [-0.39, 0.29) is 0 Å². The van der Waals surface area contributed by atoms with Crippen LogP contribution in [0.1, 0.15) is 401 Å². The zero-order valence-electron chi connectivity index (χ0n) is 48.4. The molecule has 0 bridgehead atoms. The van der Waals surface area contributed by atoms with Crippen molar-refractivity contribution in [3.63, 3.8) is 0 Å². The fourth-order valence-electron chi connectivity index (χ4n) is 13.1. The van der Waals surface area contributed by atoms with Crippen LogP contribution in [0.5, 0.6) is 0 Å². The second kappa shape index (κ2) is 50.9. The highest BCUT2D eigenvalue weighted by atomic mass is 14.6. The summed E-state index contributed by atoms with van der Waals surface area (Å²) in [6, 6.07) is 0. The van der Waals surface area contributed by atoms with Gasteiger partial charge in [-0.25, -0.2) is 0 Å². The molecule has 1 aliphatic carbocycles. The van der Waals surface area contributed by atoms with Gasteiger partial charge >= 0.3 is 0 Å². The SMILES string of the molecule is CCCCCCCCCCCCCCCCCC(CC1(CCCCCCCCCCCCCCCCC)C(C)C1CCCCCCCCCCCCCCCCC)C(C)CCCCCCCC. The molecule has 5 atom stereocenters. The van der Waals surface area contributed by atoms with Crippen molar-refractivity contribution in [2.45, 2.75) is 401 Å². The van der Waals surface area contributed by atoms with Crippen LogP contribution in [0, 0.1) is 29.1 Å². The molecule has 0 heteroatoms.